The molecule has 134 valence electrons. The molecular formula is C16H23N7O2. The van der Waals surface area contributed by atoms with Crippen molar-refractivity contribution in [3.8, 4) is 0 Å². The van der Waals surface area contributed by atoms with E-state index >= 15 is 0 Å². The molecule has 3 rings (SSSR count). The van der Waals surface area contributed by atoms with Gasteiger partial charge in [-0.3, -0.25) is 10.1 Å². The van der Waals surface area contributed by atoms with Gasteiger partial charge in [-0.2, -0.15) is 5.10 Å². The normalized spacial score (nSPS) is 15.4. The van der Waals surface area contributed by atoms with Crippen LogP contribution in [0.5, 0.6) is 0 Å². The number of rotatable bonds is 5. The average molecular weight is 345 g/mol. The lowest BCUT2D eigenvalue weighted by Gasteiger charge is -2.34. The van der Waals surface area contributed by atoms with Crippen LogP contribution in [0.3, 0.4) is 0 Å². The Hall–Kier alpha value is -2.68. The molecule has 9 heteroatoms. The van der Waals surface area contributed by atoms with Gasteiger partial charge in [0.1, 0.15) is 11.5 Å². The van der Waals surface area contributed by atoms with Crippen molar-refractivity contribution < 1.29 is 4.92 Å². The molecule has 0 aliphatic carbocycles. The van der Waals surface area contributed by atoms with E-state index in [4.69, 9.17) is 0 Å². The van der Waals surface area contributed by atoms with Crippen molar-refractivity contribution >= 4 is 17.3 Å². The van der Waals surface area contributed by atoms with Gasteiger partial charge in [0.25, 0.3) is 0 Å². The summed E-state index contributed by atoms with van der Waals surface area (Å²) in [4.78, 5) is 20.0. The highest BCUT2D eigenvalue weighted by Gasteiger charge is 2.24. The van der Waals surface area contributed by atoms with Crippen LogP contribution in [0.25, 0.3) is 0 Å². The van der Waals surface area contributed by atoms with E-state index in [0.29, 0.717) is 18.1 Å². The number of hydrogen-bond donors (Lipinski definition) is 1. The second-order valence-corrected chi connectivity index (χ2v) is 6.29. The van der Waals surface area contributed by atoms with E-state index in [0.717, 1.165) is 37.6 Å². The molecule has 2 aromatic heterocycles. The summed E-state index contributed by atoms with van der Waals surface area (Å²) in [5, 5.41) is 18.6. The monoisotopic (exact) mass is 345 g/mol. The lowest BCUT2D eigenvalue weighted by atomic mass is 10.2. The lowest BCUT2D eigenvalue weighted by molar-refractivity contribution is -0.384. The molecule has 25 heavy (non-hydrogen) atoms. The van der Waals surface area contributed by atoms with E-state index in [2.05, 4.69) is 32.2 Å². The fraction of sp³-hybridized carbons (Fsp3) is 0.500. The minimum absolute atomic E-state index is 0.0209. The SMILES string of the molecule is Cc1nn(C)c(NCc2cccnc2N2CCN(C)CC2)c1[N+](=O)[O-]. The van der Waals surface area contributed by atoms with Crippen molar-refractivity contribution in [1.82, 2.24) is 19.7 Å². The maximum Gasteiger partial charge on any atom is 0.333 e. The Kier molecular flexibility index (Phi) is 4.84. The molecule has 9 nitrogen and oxygen atoms in total. The number of piperazine rings is 1. The number of anilines is 2. The van der Waals surface area contributed by atoms with Gasteiger partial charge in [-0.05, 0) is 20.0 Å². The fourth-order valence-electron chi connectivity index (χ4n) is 3.11. The summed E-state index contributed by atoms with van der Waals surface area (Å²) in [6, 6.07) is 3.89. The molecule has 2 aromatic rings. The number of hydrogen-bond acceptors (Lipinski definition) is 7. The van der Waals surface area contributed by atoms with Crippen LogP contribution in [-0.2, 0) is 13.6 Å². The summed E-state index contributed by atoms with van der Waals surface area (Å²) < 4.78 is 1.51. The Bertz CT molecular complexity index is 766. The Balaban J connectivity index is 1.80. The number of nitrogens with one attached hydrogen (secondary N) is 1. The van der Waals surface area contributed by atoms with Crippen LogP contribution >= 0.6 is 0 Å². The minimum Gasteiger partial charge on any atom is -0.360 e. The molecule has 1 fully saturated rings. The van der Waals surface area contributed by atoms with Crippen molar-refractivity contribution in [2.45, 2.75) is 13.5 Å². The number of nitrogens with zero attached hydrogens (tertiary/aromatic N) is 6. The minimum atomic E-state index is -0.394. The van der Waals surface area contributed by atoms with Gasteiger partial charge >= 0.3 is 5.69 Å². The van der Waals surface area contributed by atoms with E-state index in [1.165, 1.54) is 4.68 Å². The molecule has 1 N–H and O–H groups in total. The predicted octanol–water partition coefficient (Wildman–Crippen LogP) is 1.40. The number of likely N-dealkylation sites (N-methyl/N-ethyl adjacent to an activating group) is 1. The third-order valence-electron chi connectivity index (χ3n) is 4.49. The Morgan fingerprint density at radius 2 is 2.00 bits per heavy atom. The van der Waals surface area contributed by atoms with Gasteiger partial charge < -0.3 is 15.1 Å². The predicted molar refractivity (Wildman–Crippen MR) is 95.9 cm³/mol. The third kappa shape index (κ3) is 3.55. The quantitative estimate of drug-likeness (QED) is 0.647. The first-order valence-corrected chi connectivity index (χ1v) is 8.26. The van der Waals surface area contributed by atoms with Crippen LogP contribution in [0.4, 0.5) is 17.3 Å². The van der Waals surface area contributed by atoms with Gasteiger partial charge in [-0.15, -0.1) is 0 Å². The largest absolute Gasteiger partial charge is 0.360 e. The van der Waals surface area contributed by atoms with Gasteiger partial charge in [-0.1, -0.05) is 6.07 Å². The molecule has 0 amide bonds. The molecule has 0 atom stereocenters. The van der Waals surface area contributed by atoms with Crippen LogP contribution in [0.2, 0.25) is 0 Å². The molecule has 0 aromatic carbocycles. The summed E-state index contributed by atoms with van der Waals surface area (Å²) in [6.07, 6.45) is 1.79. The van der Waals surface area contributed by atoms with E-state index in [1.54, 1.807) is 20.2 Å². The van der Waals surface area contributed by atoms with Crippen LogP contribution in [-0.4, -0.2) is 57.8 Å². The second-order valence-electron chi connectivity index (χ2n) is 6.29. The number of aryl methyl sites for hydroxylation is 2. The first-order chi connectivity index (χ1) is 12.0. The van der Waals surface area contributed by atoms with Crippen molar-refractivity contribution in [2.75, 3.05) is 43.4 Å². The number of aromatic nitrogens is 3. The molecule has 0 saturated carbocycles. The highest BCUT2D eigenvalue weighted by molar-refractivity contribution is 5.60. The number of nitro groups is 1. The maximum atomic E-state index is 11.3. The summed E-state index contributed by atoms with van der Waals surface area (Å²) in [5.74, 6) is 1.35. The van der Waals surface area contributed by atoms with Gasteiger partial charge in [0, 0.05) is 51.5 Å². The van der Waals surface area contributed by atoms with Gasteiger partial charge in [0.2, 0.25) is 5.82 Å². The molecule has 0 bridgehead atoms. The zero-order chi connectivity index (χ0) is 18.0. The van der Waals surface area contributed by atoms with Crippen LogP contribution in [0.1, 0.15) is 11.3 Å². The summed E-state index contributed by atoms with van der Waals surface area (Å²) in [7, 11) is 3.81. The molecule has 0 spiro atoms. The van der Waals surface area contributed by atoms with Crippen LogP contribution < -0.4 is 10.2 Å². The van der Waals surface area contributed by atoms with Crippen LogP contribution in [0.15, 0.2) is 18.3 Å². The Morgan fingerprint density at radius 3 is 2.68 bits per heavy atom. The average Bonchev–Trinajstić information content (AvgIpc) is 2.87. The van der Waals surface area contributed by atoms with Crippen molar-refractivity contribution in [1.29, 1.82) is 0 Å². The second kappa shape index (κ2) is 7.06. The van der Waals surface area contributed by atoms with Gasteiger partial charge in [0.15, 0.2) is 0 Å². The van der Waals surface area contributed by atoms with Crippen molar-refractivity contribution in [3.63, 3.8) is 0 Å². The lowest BCUT2D eigenvalue weighted by Crippen LogP contribution is -2.45. The maximum absolute atomic E-state index is 11.3. The number of pyridine rings is 1. The van der Waals surface area contributed by atoms with Crippen molar-refractivity contribution in [3.05, 3.63) is 39.7 Å². The smallest absolute Gasteiger partial charge is 0.333 e. The van der Waals surface area contributed by atoms with Crippen LogP contribution in [0, 0.1) is 17.0 Å². The summed E-state index contributed by atoms with van der Waals surface area (Å²) in [5.41, 5.74) is 1.44. The molecule has 3 heterocycles. The first kappa shape index (κ1) is 17.2. The van der Waals surface area contributed by atoms with Gasteiger partial charge in [-0.25, -0.2) is 9.67 Å². The zero-order valence-electron chi connectivity index (χ0n) is 14.8. The van der Waals surface area contributed by atoms with Gasteiger partial charge in [0.05, 0.1) is 4.92 Å². The first-order valence-electron chi connectivity index (χ1n) is 8.26. The Morgan fingerprint density at radius 1 is 1.28 bits per heavy atom. The topological polar surface area (TPSA) is 92.4 Å². The molecular weight excluding hydrogens is 322 g/mol. The van der Waals surface area contributed by atoms with E-state index in [1.807, 2.05) is 12.1 Å². The standard InChI is InChI=1S/C16H23N7O2/c1-12-14(23(24)25)16(21(3)19-12)18-11-13-5-4-6-17-15(13)22-9-7-20(2)8-10-22/h4-6,18H,7-11H2,1-3H3. The van der Waals surface area contributed by atoms with E-state index < -0.39 is 4.92 Å². The summed E-state index contributed by atoms with van der Waals surface area (Å²) in [6.45, 7) is 5.93. The van der Waals surface area contributed by atoms with E-state index in [9.17, 15) is 10.1 Å². The fourth-order valence-corrected chi connectivity index (χ4v) is 3.11. The molecule has 0 unspecified atom stereocenters. The molecule has 1 aliphatic rings. The molecule has 1 saturated heterocycles. The van der Waals surface area contributed by atoms with Crippen molar-refractivity contribution in [2.24, 2.45) is 7.05 Å². The highest BCUT2D eigenvalue weighted by Crippen LogP contribution is 2.28. The highest BCUT2D eigenvalue weighted by atomic mass is 16.6. The summed E-state index contributed by atoms with van der Waals surface area (Å²) >= 11 is 0. The van der Waals surface area contributed by atoms with E-state index in [-0.39, 0.29) is 5.69 Å². The third-order valence-corrected chi connectivity index (χ3v) is 4.49. The molecule has 1 aliphatic heterocycles. The molecule has 0 radical (unpaired) electrons. The Labute approximate surface area is 146 Å². The zero-order valence-corrected chi connectivity index (χ0v) is 14.8.